The molecule has 0 fully saturated rings. The Bertz CT molecular complexity index is 62.3. The lowest BCUT2D eigenvalue weighted by Gasteiger charge is -2.16. The second-order valence-electron chi connectivity index (χ2n) is 2.34. The predicted octanol–water partition coefficient (Wildman–Crippen LogP) is 2.43. The van der Waals surface area contributed by atoms with Crippen LogP contribution in [0.1, 0.15) is 27.2 Å². The van der Waals surface area contributed by atoms with E-state index in [0.29, 0.717) is 0 Å². The minimum atomic E-state index is 1.19. The average molecular weight is 161 g/mol. The van der Waals surface area contributed by atoms with Crippen LogP contribution in [-0.2, 0) is 0 Å². The Morgan fingerprint density at radius 1 is 1.10 bits per heavy atom. The van der Waals surface area contributed by atoms with Crippen LogP contribution in [0.2, 0.25) is 0 Å². The Balaban J connectivity index is 3.09. The molecule has 0 rings (SSSR count). The molecule has 0 aromatic carbocycles. The van der Waals surface area contributed by atoms with E-state index >= 15 is 0 Å². The fourth-order valence-corrected chi connectivity index (χ4v) is 1.79. The molecular weight excluding hydrogens is 142 g/mol. The molecule has 0 aliphatic rings. The quantitative estimate of drug-likeness (QED) is 0.435. The van der Waals surface area contributed by atoms with Crippen LogP contribution in [-0.4, -0.2) is 29.6 Å². The van der Waals surface area contributed by atoms with Crippen molar-refractivity contribution in [2.75, 3.05) is 24.7 Å². The van der Waals surface area contributed by atoms with Crippen LogP contribution in [0, 0.1) is 0 Å². The van der Waals surface area contributed by atoms with Crippen molar-refractivity contribution in [2.24, 2.45) is 0 Å². The molecule has 0 amide bonds. The van der Waals surface area contributed by atoms with E-state index in [1.165, 1.54) is 31.1 Å². The molecule has 10 heavy (non-hydrogen) atoms. The van der Waals surface area contributed by atoms with Gasteiger partial charge in [-0.2, -0.15) is 0 Å². The molecule has 0 aromatic heterocycles. The minimum Gasteiger partial charge on any atom is -0.295 e. The van der Waals surface area contributed by atoms with Crippen LogP contribution in [0.25, 0.3) is 0 Å². The first-order valence-electron chi connectivity index (χ1n) is 4.15. The van der Waals surface area contributed by atoms with Crippen molar-refractivity contribution in [3.05, 3.63) is 0 Å². The first-order valence-corrected chi connectivity index (χ1v) is 5.30. The number of nitrogens with zero attached hydrogens (tertiary/aromatic N) is 1. The smallest absolute Gasteiger partial charge is 0.0444 e. The van der Waals surface area contributed by atoms with Crippen molar-refractivity contribution in [1.29, 1.82) is 0 Å². The fourth-order valence-electron chi connectivity index (χ4n) is 0.744. The average Bonchev–Trinajstić information content (AvgIpc) is 1.99. The highest BCUT2D eigenvalue weighted by atomic mass is 32.2. The van der Waals surface area contributed by atoms with E-state index < -0.39 is 0 Å². The zero-order valence-corrected chi connectivity index (χ0v) is 8.21. The highest BCUT2D eigenvalue weighted by Gasteiger charge is 1.96. The van der Waals surface area contributed by atoms with Gasteiger partial charge in [0.05, 0.1) is 0 Å². The minimum absolute atomic E-state index is 1.19. The van der Waals surface area contributed by atoms with Gasteiger partial charge in [-0.15, -0.1) is 11.8 Å². The first-order chi connectivity index (χ1) is 4.85. The first kappa shape index (κ1) is 10.3. The topological polar surface area (TPSA) is 3.24 Å². The standard InChI is InChI=1S/C8H19NS/c1-4-7-10-8-9(5-2)6-3/h4-8H2,1-3H3. The summed E-state index contributed by atoms with van der Waals surface area (Å²) < 4.78 is 0. The predicted molar refractivity (Wildman–Crippen MR) is 50.5 cm³/mol. The van der Waals surface area contributed by atoms with Gasteiger partial charge < -0.3 is 0 Å². The van der Waals surface area contributed by atoms with E-state index in [2.05, 4.69) is 25.7 Å². The summed E-state index contributed by atoms with van der Waals surface area (Å²) in [4.78, 5) is 2.44. The maximum atomic E-state index is 2.44. The third kappa shape index (κ3) is 5.12. The lowest BCUT2D eigenvalue weighted by atomic mass is 10.6. The Kier molecular flexibility index (Phi) is 7.65. The molecule has 0 saturated carbocycles. The van der Waals surface area contributed by atoms with Crippen molar-refractivity contribution in [3.63, 3.8) is 0 Å². The molecule has 0 aliphatic carbocycles. The summed E-state index contributed by atoms with van der Waals surface area (Å²) in [5, 5.41) is 0. The maximum Gasteiger partial charge on any atom is 0.0444 e. The molecule has 0 radical (unpaired) electrons. The van der Waals surface area contributed by atoms with Gasteiger partial charge in [0.15, 0.2) is 0 Å². The summed E-state index contributed by atoms with van der Waals surface area (Å²) in [6, 6.07) is 0. The Morgan fingerprint density at radius 3 is 2.10 bits per heavy atom. The molecular formula is C8H19NS. The maximum absolute atomic E-state index is 2.44. The molecule has 0 aromatic rings. The van der Waals surface area contributed by atoms with Crippen LogP contribution in [0.3, 0.4) is 0 Å². The largest absolute Gasteiger partial charge is 0.295 e. The van der Waals surface area contributed by atoms with Crippen molar-refractivity contribution in [1.82, 2.24) is 4.90 Å². The molecule has 0 bridgehead atoms. The highest BCUT2D eigenvalue weighted by Crippen LogP contribution is 2.04. The van der Waals surface area contributed by atoms with Gasteiger partial charge in [0, 0.05) is 5.88 Å². The summed E-state index contributed by atoms with van der Waals surface area (Å²) in [7, 11) is 0. The lowest BCUT2D eigenvalue weighted by molar-refractivity contribution is 0.358. The van der Waals surface area contributed by atoms with Gasteiger partial charge in [-0.05, 0) is 25.3 Å². The van der Waals surface area contributed by atoms with E-state index in [9.17, 15) is 0 Å². The Morgan fingerprint density at radius 2 is 1.70 bits per heavy atom. The van der Waals surface area contributed by atoms with Crippen LogP contribution in [0.4, 0.5) is 0 Å². The molecule has 1 nitrogen and oxygen atoms in total. The van der Waals surface area contributed by atoms with Crippen LogP contribution in [0.15, 0.2) is 0 Å². The normalized spacial score (nSPS) is 10.8. The molecule has 0 aliphatic heterocycles. The van der Waals surface area contributed by atoms with E-state index in [1.807, 2.05) is 11.8 Å². The van der Waals surface area contributed by atoms with E-state index in [1.54, 1.807) is 0 Å². The Labute approximate surface area is 69.2 Å². The van der Waals surface area contributed by atoms with Crippen LogP contribution < -0.4 is 0 Å². The molecule has 0 atom stereocenters. The number of rotatable bonds is 6. The van der Waals surface area contributed by atoms with Crippen molar-refractivity contribution in [3.8, 4) is 0 Å². The third-order valence-electron chi connectivity index (χ3n) is 1.52. The molecule has 2 heteroatoms. The Hall–Kier alpha value is 0.310. The number of hydrogen-bond donors (Lipinski definition) is 0. The van der Waals surface area contributed by atoms with Gasteiger partial charge >= 0.3 is 0 Å². The van der Waals surface area contributed by atoms with Gasteiger partial charge in [0.25, 0.3) is 0 Å². The summed E-state index contributed by atoms with van der Waals surface area (Å²) in [6.07, 6.45) is 1.30. The second-order valence-corrected chi connectivity index (χ2v) is 3.42. The summed E-state index contributed by atoms with van der Waals surface area (Å²) in [5.74, 6) is 2.51. The summed E-state index contributed by atoms with van der Waals surface area (Å²) in [6.45, 7) is 9.04. The van der Waals surface area contributed by atoms with E-state index in [4.69, 9.17) is 0 Å². The highest BCUT2D eigenvalue weighted by molar-refractivity contribution is 7.99. The SMILES string of the molecule is CCCSCN(CC)CC. The molecule has 0 N–H and O–H groups in total. The van der Waals surface area contributed by atoms with Gasteiger partial charge in [-0.3, -0.25) is 4.90 Å². The zero-order valence-electron chi connectivity index (χ0n) is 7.39. The molecule has 0 unspecified atom stereocenters. The van der Waals surface area contributed by atoms with Gasteiger partial charge in [-0.1, -0.05) is 20.8 Å². The van der Waals surface area contributed by atoms with Crippen LogP contribution >= 0.6 is 11.8 Å². The number of hydrogen-bond acceptors (Lipinski definition) is 2. The van der Waals surface area contributed by atoms with Crippen LogP contribution in [0.5, 0.6) is 0 Å². The van der Waals surface area contributed by atoms with Crippen molar-refractivity contribution in [2.45, 2.75) is 27.2 Å². The zero-order chi connectivity index (χ0) is 7.82. The van der Waals surface area contributed by atoms with Crippen molar-refractivity contribution >= 4 is 11.8 Å². The third-order valence-corrected chi connectivity index (χ3v) is 2.76. The van der Waals surface area contributed by atoms with E-state index in [-0.39, 0.29) is 0 Å². The monoisotopic (exact) mass is 161 g/mol. The molecule has 0 heterocycles. The van der Waals surface area contributed by atoms with Gasteiger partial charge in [-0.25, -0.2) is 0 Å². The summed E-state index contributed by atoms with van der Waals surface area (Å²) in [5.41, 5.74) is 0. The lowest BCUT2D eigenvalue weighted by Crippen LogP contribution is -2.22. The molecule has 62 valence electrons. The van der Waals surface area contributed by atoms with Gasteiger partial charge in [0.1, 0.15) is 0 Å². The van der Waals surface area contributed by atoms with Gasteiger partial charge in [0.2, 0.25) is 0 Å². The molecule has 0 spiro atoms. The number of thioether (sulfide) groups is 1. The fraction of sp³-hybridized carbons (Fsp3) is 1.00. The molecule has 0 saturated heterocycles. The summed E-state index contributed by atoms with van der Waals surface area (Å²) >= 11 is 2.04. The second kappa shape index (κ2) is 7.42. The van der Waals surface area contributed by atoms with Crippen molar-refractivity contribution < 1.29 is 0 Å². The van der Waals surface area contributed by atoms with E-state index in [0.717, 1.165) is 0 Å².